The molecular formula is C21H20F2N2O4. The summed E-state index contributed by atoms with van der Waals surface area (Å²) in [6.45, 7) is 1.35. The summed E-state index contributed by atoms with van der Waals surface area (Å²) in [6, 6.07) is 12.4. The molecule has 0 spiro atoms. The molecule has 152 valence electrons. The smallest absolute Gasteiger partial charge is 0.311 e. The second-order valence-electron chi connectivity index (χ2n) is 6.79. The molecule has 0 aliphatic carbocycles. The summed E-state index contributed by atoms with van der Waals surface area (Å²) < 4.78 is 32.1. The number of carbonyl (C=O) groups excluding carboxylic acids is 3. The van der Waals surface area contributed by atoms with E-state index in [1.165, 1.54) is 6.07 Å². The highest BCUT2D eigenvalue weighted by Crippen LogP contribution is 2.29. The minimum Gasteiger partial charge on any atom is -0.455 e. The van der Waals surface area contributed by atoms with E-state index in [-0.39, 0.29) is 24.9 Å². The fourth-order valence-corrected chi connectivity index (χ4v) is 3.22. The summed E-state index contributed by atoms with van der Waals surface area (Å²) in [5.74, 6) is -4.33. The number of halogens is 2. The number of anilines is 1. The van der Waals surface area contributed by atoms with Crippen LogP contribution in [0.3, 0.4) is 0 Å². The van der Waals surface area contributed by atoms with Gasteiger partial charge in [0.2, 0.25) is 5.91 Å². The zero-order valence-electron chi connectivity index (χ0n) is 15.7. The van der Waals surface area contributed by atoms with E-state index in [0.29, 0.717) is 0 Å². The monoisotopic (exact) mass is 402 g/mol. The van der Waals surface area contributed by atoms with E-state index in [1.54, 1.807) is 4.90 Å². The summed E-state index contributed by atoms with van der Waals surface area (Å²) in [4.78, 5) is 38.0. The number of rotatable bonds is 6. The van der Waals surface area contributed by atoms with Crippen LogP contribution < -0.4 is 5.32 Å². The van der Waals surface area contributed by atoms with Crippen molar-refractivity contribution in [3.8, 4) is 0 Å². The molecule has 6 nitrogen and oxygen atoms in total. The number of amides is 2. The quantitative estimate of drug-likeness (QED) is 0.754. The van der Waals surface area contributed by atoms with E-state index in [1.807, 2.05) is 42.6 Å². The predicted octanol–water partition coefficient (Wildman–Crippen LogP) is 3.06. The van der Waals surface area contributed by atoms with Crippen LogP contribution in [0.2, 0.25) is 0 Å². The highest BCUT2D eigenvalue weighted by atomic mass is 19.1. The third kappa shape index (κ3) is 4.77. The van der Waals surface area contributed by atoms with Crippen molar-refractivity contribution in [2.24, 2.45) is 5.92 Å². The van der Waals surface area contributed by atoms with Crippen LogP contribution in [0.15, 0.2) is 48.5 Å². The Balaban J connectivity index is 1.53. The SMILES string of the molecule is C[C@H](c1ccccc1)N1C[C@H](C(=O)OCC(=O)Nc2c(F)cccc2F)CC1=O. The molecule has 1 heterocycles. The second kappa shape index (κ2) is 8.81. The maximum atomic E-state index is 13.6. The first-order valence-electron chi connectivity index (χ1n) is 9.11. The fourth-order valence-electron chi connectivity index (χ4n) is 3.22. The number of hydrogen-bond acceptors (Lipinski definition) is 4. The zero-order valence-corrected chi connectivity index (χ0v) is 15.7. The maximum absolute atomic E-state index is 13.6. The largest absolute Gasteiger partial charge is 0.455 e. The molecule has 0 unspecified atom stereocenters. The molecule has 2 aromatic rings. The molecule has 1 fully saturated rings. The summed E-state index contributed by atoms with van der Waals surface area (Å²) >= 11 is 0. The van der Waals surface area contributed by atoms with Gasteiger partial charge in [-0.05, 0) is 24.6 Å². The van der Waals surface area contributed by atoms with E-state index < -0.39 is 41.7 Å². The molecule has 29 heavy (non-hydrogen) atoms. The number of benzene rings is 2. The summed E-state index contributed by atoms with van der Waals surface area (Å²) in [5, 5.41) is 2.04. The third-order valence-electron chi connectivity index (χ3n) is 4.81. The van der Waals surface area contributed by atoms with Gasteiger partial charge < -0.3 is 15.0 Å². The number of esters is 1. The first-order valence-corrected chi connectivity index (χ1v) is 9.11. The van der Waals surface area contributed by atoms with Crippen LogP contribution in [0.5, 0.6) is 0 Å². The van der Waals surface area contributed by atoms with Crippen molar-refractivity contribution in [2.75, 3.05) is 18.5 Å². The lowest BCUT2D eigenvalue weighted by Crippen LogP contribution is -2.30. The molecule has 1 saturated heterocycles. The molecule has 1 aliphatic heterocycles. The van der Waals surface area contributed by atoms with Crippen molar-refractivity contribution in [3.05, 3.63) is 65.7 Å². The number of ether oxygens (including phenoxy) is 1. The first kappa shape index (κ1) is 20.4. The molecule has 2 atom stereocenters. The van der Waals surface area contributed by atoms with Gasteiger partial charge in [0.1, 0.15) is 17.3 Å². The van der Waals surface area contributed by atoms with E-state index in [0.717, 1.165) is 17.7 Å². The van der Waals surface area contributed by atoms with Crippen molar-refractivity contribution < 1.29 is 27.9 Å². The maximum Gasteiger partial charge on any atom is 0.311 e. The Labute approximate surface area is 166 Å². The molecule has 0 radical (unpaired) electrons. The Morgan fingerprint density at radius 1 is 1.14 bits per heavy atom. The number of carbonyl (C=O) groups is 3. The molecule has 3 rings (SSSR count). The minimum atomic E-state index is -0.934. The van der Waals surface area contributed by atoms with Gasteiger partial charge in [-0.25, -0.2) is 8.78 Å². The third-order valence-corrected chi connectivity index (χ3v) is 4.81. The molecule has 2 amide bonds. The van der Waals surface area contributed by atoms with Gasteiger partial charge in [0.25, 0.3) is 5.91 Å². The predicted molar refractivity (Wildman–Crippen MR) is 101 cm³/mol. The molecule has 0 saturated carbocycles. The van der Waals surface area contributed by atoms with Gasteiger partial charge in [-0.1, -0.05) is 36.4 Å². The molecule has 2 aromatic carbocycles. The Kier molecular flexibility index (Phi) is 6.21. The second-order valence-corrected chi connectivity index (χ2v) is 6.79. The highest BCUT2D eigenvalue weighted by molar-refractivity contribution is 5.94. The van der Waals surface area contributed by atoms with Crippen LogP contribution >= 0.6 is 0 Å². The van der Waals surface area contributed by atoms with Crippen LogP contribution in [0.25, 0.3) is 0 Å². The molecule has 0 aromatic heterocycles. The molecule has 8 heteroatoms. The highest BCUT2D eigenvalue weighted by Gasteiger charge is 2.38. The van der Waals surface area contributed by atoms with Crippen molar-refractivity contribution >= 4 is 23.5 Å². The molecule has 1 N–H and O–H groups in total. The van der Waals surface area contributed by atoms with Gasteiger partial charge in [0, 0.05) is 13.0 Å². The van der Waals surface area contributed by atoms with Gasteiger partial charge in [-0.3, -0.25) is 14.4 Å². The Hall–Kier alpha value is -3.29. The number of likely N-dealkylation sites (tertiary alicyclic amines) is 1. The fraction of sp³-hybridized carbons (Fsp3) is 0.286. The van der Waals surface area contributed by atoms with Crippen LogP contribution in [-0.4, -0.2) is 35.8 Å². The lowest BCUT2D eigenvalue weighted by atomic mass is 10.1. The Bertz CT molecular complexity index is 900. The number of hydrogen-bond donors (Lipinski definition) is 1. The van der Waals surface area contributed by atoms with Crippen LogP contribution in [0, 0.1) is 17.6 Å². The lowest BCUT2D eigenvalue weighted by molar-refractivity contribution is -0.151. The number of nitrogens with one attached hydrogen (secondary N) is 1. The van der Waals surface area contributed by atoms with Gasteiger partial charge in [0.05, 0.1) is 12.0 Å². The molecular weight excluding hydrogens is 382 g/mol. The number of para-hydroxylation sites is 1. The summed E-state index contributed by atoms with van der Waals surface area (Å²) in [5.41, 5.74) is 0.341. The van der Waals surface area contributed by atoms with Gasteiger partial charge in [-0.15, -0.1) is 0 Å². The summed E-state index contributed by atoms with van der Waals surface area (Å²) in [7, 11) is 0. The van der Waals surface area contributed by atoms with E-state index in [2.05, 4.69) is 0 Å². The van der Waals surface area contributed by atoms with Crippen LogP contribution in [0.4, 0.5) is 14.5 Å². The first-order chi connectivity index (χ1) is 13.9. The van der Waals surface area contributed by atoms with Gasteiger partial charge >= 0.3 is 5.97 Å². The molecule has 1 aliphatic rings. The van der Waals surface area contributed by atoms with Crippen molar-refractivity contribution in [1.29, 1.82) is 0 Å². The zero-order chi connectivity index (χ0) is 21.0. The average Bonchev–Trinajstić information content (AvgIpc) is 3.11. The standard InChI is InChI=1S/C21H20F2N2O4/c1-13(14-6-3-2-4-7-14)25-11-15(10-19(25)27)21(28)29-12-18(26)24-20-16(22)8-5-9-17(20)23/h2-9,13,15H,10-12H2,1H3,(H,24,26)/t13-,15-/m1/s1. The van der Waals surface area contributed by atoms with E-state index in [9.17, 15) is 23.2 Å². The van der Waals surface area contributed by atoms with Crippen molar-refractivity contribution in [1.82, 2.24) is 4.90 Å². The van der Waals surface area contributed by atoms with Crippen molar-refractivity contribution in [2.45, 2.75) is 19.4 Å². The van der Waals surface area contributed by atoms with Crippen molar-refractivity contribution in [3.63, 3.8) is 0 Å². The van der Waals surface area contributed by atoms with Crippen LogP contribution in [0.1, 0.15) is 24.9 Å². The Morgan fingerprint density at radius 2 is 1.79 bits per heavy atom. The minimum absolute atomic E-state index is 0.0143. The number of nitrogens with zero attached hydrogens (tertiary/aromatic N) is 1. The lowest BCUT2D eigenvalue weighted by Gasteiger charge is -2.25. The van der Waals surface area contributed by atoms with E-state index >= 15 is 0 Å². The Morgan fingerprint density at radius 3 is 2.45 bits per heavy atom. The summed E-state index contributed by atoms with van der Waals surface area (Å²) in [6.07, 6.45) is -0.0143. The average molecular weight is 402 g/mol. The van der Waals surface area contributed by atoms with E-state index in [4.69, 9.17) is 4.74 Å². The van der Waals surface area contributed by atoms with Gasteiger partial charge in [0.15, 0.2) is 6.61 Å². The topological polar surface area (TPSA) is 75.7 Å². The normalized spacial score (nSPS) is 17.1. The molecule has 0 bridgehead atoms. The van der Waals surface area contributed by atoms with Crippen LogP contribution in [-0.2, 0) is 19.1 Å². The van der Waals surface area contributed by atoms with Gasteiger partial charge in [-0.2, -0.15) is 0 Å².